The van der Waals surface area contributed by atoms with E-state index < -0.39 is 23.8 Å². The first-order valence-electron chi connectivity index (χ1n) is 13.8. The number of rotatable bonds is 10. The van der Waals surface area contributed by atoms with Gasteiger partial charge in [-0.05, 0) is 47.4 Å². The zero-order chi connectivity index (χ0) is 29.0. The largest absolute Gasteiger partial charge is 0.479 e. The van der Waals surface area contributed by atoms with Crippen LogP contribution in [0.2, 0.25) is 0 Å². The monoisotopic (exact) mass is 559 g/mol. The Hall–Kier alpha value is -3.18. The van der Waals surface area contributed by atoms with E-state index in [0.717, 1.165) is 50.9 Å². The number of benzene rings is 1. The Labute approximate surface area is 234 Å². The Bertz CT molecular complexity index is 1300. The molecule has 1 saturated heterocycles. The summed E-state index contributed by atoms with van der Waals surface area (Å²) >= 11 is 0. The molecule has 3 aromatic rings. The van der Waals surface area contributed by atoms with Crippen LogP contribution in [0.1, 0.15) is 56.6 Å². The van der Waals surface area contributed by atoms with E-state index >= 15 is 4.39 Å². The Balaban J connectivity index is 1.77. The number of ether oxygens (including phenoxy) is 1. The van der Waals surface area contributed by atoms with Crippen LogP contribution in [0.3, 0.4) is 0 Å². The van der Waals surface area contributed by atoms with Crippen LogP contribution in [0.5, 0.6) is 5.88 Å². The van der Waals surface area contributed by atoms with Crippen LogP contribution in [0, 0.1) is 5.82 Å². The Kier molecular flexibility index (Phi) is 9.68. The number of likely N-dealkylation sites (N-methyl/N-ethyl adjacent to an activating group) is 1. The predicted octanol–water partition coefficient (Wildman–Crippen LogP) is 5.31. The fraction of sp³-hybridized carbons (Fsp3) is 0.552. The lowest BCUT2D eigenvalue weighted by atomic mass is 10.0. The number of fused-ring (bicyclic) bond motifs is 1. The SMILES string of the molecule is COc1nc2nc(CCN(C)C)nc(N[C@H](C)c3cccc(C(F)F)c3F)c2cc1N1CCCN(C(C)C)CC1. The summed E-state index contributed by atoms with van der Waals surface area (Å²) < 4.78 is 47.5. The molecule has 1 fully saturated rings. The smallest absolute Gasteiger partial charge is 0.266 e. The number of aromatic nitrogens is 3. The van der Waals surface area contributed by atoms with E-state index in [0.29, 0.717) is 41.0 Å². The second-order valence-corrected chi connectivity index (χ2v) is 10.8. The van der Waals surface area contributed by atoms with Gasteiger partial charge in [-0.25, -0.2) is 23.1 Å². The van der Waals surface area contributed by atoms with Gasteiger partial charge in [-0.2, -0.15) is 4.98 Å². The van der Waals surface area contributed by atoms with Crippen molar-refractivity contribution in [3.8, 4) is 5.88 Å². The summed E-state index contributed by atoms with van der Waals surface area (Å²) in [5, 5.41) is 3.94. The maximum Gasteiger partial charge on any atom is 0.266 e. The minimum atomic E-state index is -2.90. The van der Waals surface area contributed by atoms with Crippen LogP contribution in [0.15, 0.2) is 24.3 Å². The lowest BCUT2D eigenvalue weighted by molar-refractivity contribution is 0.146. The highest BCUT2D eigenvalue weighted by Crippen LogP contribution is 2.35. The molecule has 0 radical (unpaired) electrons. The highest BCUT2D eigenvalue weighted by Gasteiger charge is 2.24. The van der Waals surface area contributed by atoms with E-state index in [1.165, 1.54) is 12.1 Å². The first-order valence-corrected chi connectivity index (χ1v) is 13.8. The maximum absolute atomic E-state index is 15.0. The zero-order valence-electron chi connectivity index (χ0n) is 24.2. The number of alkyl halides is 2. The minimum Gasteiger partial charge on any atom is -0.479 e. The van der Waals surface area contributed by atoms with Crippen molar-refractivity contribution in [3.05, 3.63) is 47.0 Å². The molecule has 0 spiro atoms. The number of nitrogens with one attached hydrogen (secondary N) is 1. The second-order valence-electron chi connectivity index (χ2n) is 10.8. The van der Waals surface area contributed by atoms with Crippen LogP contribution in [0.4, 0.5) is 24.7 Å². The number of pyridine rings is 1. The molecule has 1 aromatic carbocycles. The normalized spacial score (nSPS) is 15.8. The van der Waals surface area contributed by atoms with Crippen LogP contribution < -0.4 is 15.0 Å². The van der Waals surface area contributed by atoms with Gasteiger partial charge in [0.05, 0.1) is 24.1 Å². The van der Waals surface area contributed by atoms with Gasteiger partial charge in [0.15, 0.2) is 5.65 Å². The Morgan fingerprint density at radius 2 is 1.77 bits per heavy atom. The van der Waals surface area contributed by atoms with Crippen molar-refractivity contribution in [2.45, 2.75) is 52.1 Å². The van der Waals surface area contributed by atoms with E-state index in [1.807, 2.05) is 25.1 Å². The van der Waals surface area contributed by atoms with Gasteiger partial charge < -0.3 is 19.9 Å². The molecule has 1 aliphatic rings. The van der Waals surface area contributed by atoms with E-state index in [9.17, 15) is 8.78 Å². The summed E-state index contributed by atoms with van der Waals surface area (Å²) in [7, 11) is 5.54. The maximum atomic E-state index is 15.0. The van der Waals surface area contributed by atoms with Gasteiger partial charge in [0.2, 0.25) is 5.88 Å². The second kappa shape index (κ2) is 13.0. The van der Waals surface area contributed by atoms with Gasteiger partial charge in [0.1, 0.15) is 23.1 Å². The van der Waals surface area contributed by atoms with E-state index in [-0.39, 0.29) is 5.56 Å². The number of halogens is 3. The summed E-state index contributed by atoms with van der Waals surface area (Å²) in [6.07, 6.45) is -1.32. The van der Waals surface area contributed by atoms with Crippen molar-refractivity contribution in [2.75, 3.05) is 64.1 Å². The lowest BCUT2D eigenvalue weighted by Crippen LogP contribution is -2.35. The molecule has 11 heteroatoms. The molecule has 0 unspecified atom stereocenters. The molecule has 4 rings (SSSR count). The molecule has 0 bridgehead atoms. The third kappa shape index (κ3) is 6.75. The average Bonchev–Trinajstić information content (AvgIpc) is 3.17. The van der Waals surface area contributed by atoms with E-state index in [2.05, 4.69) is 29.0 Å². The predicted molar refractivity (Wildman–Crippen MR) is 153 cm³/mol. The third-order valence-corrected chi connectivity index (χ3v) is 7.37. The molecule has 1 aliphatic heterocycles. The molecule has 3 heterocycles. The number of hydrogen-bond acceptors (Lipinski definition) is 8. The standard InChI is InChI=1S/C29H40F3N7O/c1-18(2)38-12-8-13-39(16-15-38)23-17-22-27(33-19(3)20-9-7-10-21(25(20)30)26(31)32)34-24(11-14-37(4)5)35-28(22)36-29(23)40-6/h7,9-10,17-19,26H,8,11-16H2,1-6H3,(H,33,34,35,36)/t19-/m1/s1. The van der Waals surface area contributed by atoms with E-state index in [4.69, 9.17) is 19.7 Å². The Morgan fingerprint density at radius 3 is 2.45 bits per heavy atom. The third-order valence-electron chi connectivity index (χ3n) is 7.37. The summed E-state index contributed by atoms with van der Waals surface area (Å²) in [5.74, 6) is 0.617. The van der Waals surface area contributed by atoms with E-state index in [1.54, 1.807) is 14.0 Å². The van der Waals surface area contributed by atoms with Gasteiger partial charge in [-0.15, -0.1) is 0 Å². The number of nitrogens with zero attached hydrogens (tertiary/aromatic N) is 6. The van der Waals surface area contributed by atoms with Crippen molar-refractivity contribution in [3.63, 3.8) is 0 Å². The molecular weight excluding hydrogens is 519 g/mol. The van der Waals surface area contributed by atoms with Crippen molar-refractivity contribution in [1.82, 2.24) is 24.8 Å². The lowest BCUT2D eigenvalue weighted by Gasteiger charge is -2.27. The molecule has 1 N–H and O–H groups in total. The minimum absolute atomic E-state index is 0.141. The molecule has 0 aliphatic carbocycles. The van der Waals surface area contributed by atoms with Gasteiger partial charge in [-0.3, -0.25) is 4.90 Å². The van der Waals surface area contributed by atoms with Crippen molar-refractivity contribution in [1.29, 1.82) is 0 Å². The van der Waals surface area contributed by atoms with Gasteiger partial charge in [0.25, 0.3) is 6.43 Å². The number of hydrogen-bond donors (Lipinski definition) is 1. The first-order chi connectivity index (χ1) is 19.1. The summed E-state index contributed by atoms with van der Waals surface area (Å²) in [6, 6.07) is 5.87. The summed E-state index contributed by atoms with van der Waals surface area (Å²) in [4.78, 5) is 21.1. The van der Waals surface area contributed by atoms with Crippen LogP contribution in [0.25, 0.3) is 11.0 Å². The molecule has 218 valence electrons. The summed E-state index contributed by atoms with van der Waals surface area (Å²) in [6.45, 7) is 10.5. The van der Waals surface area contributed by atoms with Crippen molar-refractivity contribution < 1.29 is 17.9 Å². The van der Waals surface area contributed by atoms with Gasteiger partial charge in [-0.1, -0.05) is 18.2 Å². The Morgan fingerprint density at radius 1 is 1.02 bits per heavy atom. The van der Waals surface area contributed by atoms with Gasteiger partial charge in [0, 0.05) is 50.7 Å². The molecule has 8 nitrogen and oxygen atoms in total. The fourth-order valence-corrected chi connectivity index (χ4v) is 5.04. The molecule has 40 heavy (non-hydrogen) atoms. The van der Waals surface area contributed by atoms with Crippen LogP contribution in [-0.2, 0) is 6.42 Å². The first kappa shape index (κ1) is 29.8. The van der Waals surface area contributed by atoms with Crippen molar-refractivity contribution in [2.24, 2.45) is 0 Å². The highest BCUT2D eigenvalue weighted by atomic mass is 19.3. The molecule has 0 amide bonds. The fourth-order valence-electron chi connectivity index (χ4n) is 5.04. The zero-order valence-corrected chi connectivity index (χ0v) is 24.2. The summed E-state index contributed by atoms with van der Waals surface area (Å²) in [5.41, 5.74) is 0.823. The topological polar surface area (TPSA) is 69.7 Å². The quantitative estimate of drug-likeness (QED) is 0.359. The molecule has 1 atom stereocenters. The molecular formula is C29H40F3N7O. The van der Waals surface area contributed by atoms with Gasteiger partial charge >= 0.3 is 0 Å². The van der Waals surface area contributed by atoms with Crippen molar-refractivity contribution >= 4 is 22.5 Å². The average molecular weight is 560 g/mol. The number of methoxy groups -OCH3 is 1. The molecule has 0 saturated carbocycles. The van der Waals surface area contributed by atoms with Crippen LogP contribution in [-0.4, -0.2) is 84.7 Å². The molecule has 2 aromatic heterocycles. The highest BCUT2D eigenvalue weighted by molar-refractivity contribution is 5.90. The number of anilines is 2. The van der Waals surface area contributed by atoms with Crippen LogP contribution >= 0.6 is 0 Å².